The van der Waals surface area contributed by atoms with Crippen LogP contribution in [0.15, 0.2) is 6.20 Å². The maximum Gasteiger partial charge on any atom is 0.435 e. The van der Waals surface area contributed by atoms with Crippen LogP contribution in [0.4, 0.5) is 13.2 Å². The summed E-state index contributed by atoms with van der Waals surface area (Å²) in [5.41, 5.74) is -0.572. The van der Waals surface area contributed by atoms with Crippen LogP contribution in [-0.2, 0) is 19.8 Å². The minimum atomic E-state index is -4.38. The molecule has 0 saturated carbocycles. The monoisotopic (exact) mass is 277 g/mol. The maximum absolute atomic E-state index is 12.7. The summed E-state index contributed by atoms with van der Waals surface area (Å²) in [7, 11) is 1.50. The van der Waals surface area contributed by atoms with Gasteiger partial charge in [0.05, 0.1) is 0 Å². The number of alkyl halides is 3. The third kappa shape index (κ3) is 5.63. The van der Waals surface area contributed by atoms with Crippen molar-refractivity contribution in [2.45, 2.75) is 51.7 Å². The number of nitrogens with zero attached hydrogens (tertiary/aromatic N) is 2. The van der Waals surface area contributed by atoms with E-state index in [1.165, 1.54) is 37.2 Å². The van der Waals surface area contributed by atoms with E-state index in [1.54, 1.807) is 0 Å². The van der Waals surface area contributed by atoms with Crippen molar-refractivity contribution in [1.29, 1.82) is 0 Å². The topological polar surface area (TPSA) is 29.9 Å². The molecule has 19 heavy (non-hydrogen) atoms. The average Bonchev–Trinajstić information content (AvgIpc) is 2.69. The van der Waals surface area contributed by atoms with Gasteiger partial charge in [-0.15, -0.1) is 0 Å². The van der Waals surface area contributed by atoms with Crippen LogP contribution in [0.1, 0.15) is 50.3 Å². The van der Waals surface area contributed by atoms with Gasteiger partial charge in [0.25, 0.3) is 0 Å². The first-order valence-electron chi connectivity index (χ1n) is 6.75. The minimum Gasteiger partial charge on any atom is -0.313 e. The number of hydrogen-bond acceptors (Lipinski definition) is 2. The molecule has 0 spiro atoms. The number of nitrogens with one attached hydrogen (secondary N) is 1. The van der Waals surface area contributed by atoms with E-state index in [9.17, 15) is 13.2 Å². The van der Waals surface area contributed by atoms with Gasteiger partial charge >= 0.3 is 6.18 Å². The third-order valence-corrected chi connectivity index (χ3v) is 2.95. The van der Waals surface area contributed by atoms with Crippen molar-refractivity contribution in [2.24, 2.45) is 7.05 Å². The first kappa shape index (κ1) is 16.0. The number of rotatable bonds is 8. The Morgan fingerprint density at radius 2 is 1.89 bits per heavy atom. The maximum atomic E-state index is 12.7. The number of aryl methyl sites for hydroxylation is 1. The van der Waals surface area contributed by atoms with Crippen molar-refractivity contribution < 1.29 is 13.2 Å². The number of unbranched alkanes of at least 4 members (excludes halogenated alkanes) is 4. The molecule has 0 atom stereocenters. The normalized spacial score (nSPS) is 12.1. The van der Waals surface area contributed by atoms with Crippen molar-refractivity contribution >= 4 is 0 Å². The lowest BCUT2D eigenvalue weighted by Gasteiger charge is -2.07. The Bertz CT molecular complexity index is 372. The van der Waals surface area contributed by atoms with Gasteiger partial charge in [0, 0.05) is 25.4 Å². The van der Waals surface area contributed by atoms with Crippen LogP contribution in [-0.4, -0.2) is 16.3 Å². The molecule has 1 N–H and O–H groups in total. The lowest BCUT2D eigenvalue weighted by Crippen LogP contribution is -2.18. The Labute approximate surface area is 112 Å². The Balaban J connectivity index is 2.33. The van der Waals surface area contributed by atoms with Gasteiger partial charge in [-0.25, -0.2) is 0 Å². The zero-order chi connectivity index (χ0) is 14.3. The van der Waals surface area contributed by atoms with E-state index in [0.29, 0.717) is 0 Å². The SMILES string of the molecule is CCCCCCCNCc1cn(C)nc1C(F)(F)F. The van der Waals surface area contributed by atoms with Gasteiger partial charge in [0.15, 0.2) is 5.69 Å². The Hall–Kier alpha value is -1.04. The number of hydrogen-bond donors (Lipinski definition) is 1. The third-order valence-electron chi connectivity index (χ3n) is 2.95. The fourth-order valence-corrected chi connectivity index (χ4v) is 1.98. The first-order chi connectivity index (χ1) is 8.95. The fraction of sp³-hybridized carbons (Fsp3) is 0.769. The van der Waals surface area contributed by atoms with Crippen LogP contribution >= 0.6 is 0 Å². The molecule has 0 amide bonds. The largest absolute Gasteiger partial charge is 0.435 e. The smallest absolute Gasteiger partial charge is 0.313 e. The first-order valence-corrected chi connectivity index (χ1v) is 6.75. The molecule has 1 rings (SSSR count). The van der Waals surface area contributed by atoms with Gasteiger partial charge in [-0.1, -0.05) is 32.6 Å². The van der Waals surface area contributed by atoms with Gasteiger partial charge in [-0.2, -0.15) is 18.3 Å². The lowest BCUT2D eigenvalue weighted by atomic mass is 10.1. The molecule has 0 aliphatic heterocycles. The van der Waals surface area contributed by atoms with Gasteiger partial charge in [0.1, 0.15) is 0 Å². The fourth-order valence-electron chi connectivity index (χ4n) is 1.98. The molecule has 3 nitrogen and oxygen atoms in total. The molecule has 1 aromatic rings. The molecule has 0 aromatic carbocycles. The van der Waals surface area contributed by atoms with Crippen LogP contribution in [0, 0.1) is 0 Å². The molecule has 110 valence electrons. The summed E-state index contributed by atoms with van der Waals surface area (Å²) < 4.78 is 39.2. The van der Waals surface area contributed by atoms with Crippen LogP contribution in [0.25, 0.3) is 0 Å². The highest BCUT2D eigenvalue weighted by atomic mass is 19.4. The van der Waals surface area contributed by atoms with Crippen molar-refractivity contribution in [3.63, 3.8) is 0 Å². The van der Waals surface area contributed by atoms with Crippen molar-refractivity contribution in [1.82, 2.24) is 15.1 Å². The minimum absolute atomic E-state index is 0.212. The van der Waals surface area contributed by atoms with Gasteiger partial charge < -0.3 is 5.32 Å². The number of aromatic nitrogens is 2. The summed E-state index contributed by atoms with van der Waals surface area (Å²) in [4.78, 5) is 0. The number of halogens is 3. The summed E-state index contributed by atoms with van der Waals surface area (Å²) in [5, 5.41) is 6.52. The second-order valence-electron chi connectivity index (χ2n) is 4.77. The van der Waals surface area contributed by atoms with E-state index in [1.807, 2.05) is 0 Å². The van der Waals surface area contributed by atoms with Crippen LogP contribution < -0.4 is 5.32 Å². The average molecular weight is 277 g/mol. The van der Waals surface area contributed by atoms with Crippen LogP contribution in [0.5, 0.6) is 0 Å². The molecule has 0 unspecified atom stereocenters. The Kier molecular flexibility index (Phi) is 6.34. The van der Waals surface area contributed by atoms with Gasteiger partial charge in [0.2, 0.25) is 0 Å². The van der Waals surface area contributed by atoms with Crippen molar-refractivity contribution in [2.75, 3.05) is 6.54 Å². The van der Waals surface area contributed by atoms with Crippen LogP contribution in [0.2, 0.25) is 0 Å². The highest BCUT2D eigenvalue weighted by molar-refractivity contribution is 5.19. The Morgan fingerprint density at radius 1 is 1.21 bits per heavy atom. The lowest BCUT2D eigenvalue weighted by molar-refractivity contribution is -0.142. The molecule has 0 bridgehead atoms. The molecule has 1 aromatic heterocycles. The summed E-state index contributed by atoms with van der Waals surface area (Å²) in [6.45, 7) is 3.12. The molecule has 0 fully saturated rings. The predicted octanol–water partition coefficient (Wildman–Crippen LogP) is 3.50. The quantitative estimate of drug-likeness (QED) is 0.737. The second-order valence-corrected chi connectivity index (χ2v) is 4.77. The van der Waals surface area contributed by atoms with Gasteiger partial charge in [-0.3, -0.25) is 4.68 Å². The highest BCUT2D eigenvalue weighted by Gasteiger charge is 2.36. The molecular formula is C13H22F3N3. The molecule has 6 heteroatoms. The van der Waals surface area contributed by atoms with E-state index in [2.05, 4.69) is 17.3 Å². The summed E-state index contributed by atoms with van der Waals surface area (Å²) in [5.74, 6) is 0. The molecule has 0 saturated heterocycles. The second kappa shape index (κ2) is 7.53. The summed E-state index contributed by atoms with van der Waals surface area (Å²) >= 11 is 0. The zero-order valence-electron chi connectivity index (χ0n) is 11.6. The zero-order valence-corrected chi connectivity index (χ0v) is 11.6. The van der Waals surface area contributed by atoms with E-state index >= 15 is 0 Å². The molecule has 0 aliphatic rings. The molecule has 1 heterocycles. The summed E-state index contributed by atoms with van der Waals surface area (Å²) in [6, 6.07) is 0. The van der Waals surface area contributed by atoms with E-state index < -0.39 is 11.9 Å². The highest BCUT2D eigenvalue weighted by Crippen LogP contribution is 2.30. The van der Waals surface area contributed by atoms with Crippen molar-refractivity contribution in [3.8, 4) is 0 Å². The molecule has 0 radical (unpaired) electrons. The van der Waals surface area contributed by atoms with E-state index in [-0.39, 0.29) is 12.1 Å². The standard InChI is InChI=1S/C13H22F3N3/c1-3-4-5-6-7-8-17-9-11-10-19(2)18-12(11)13(14,15)16/h10,17H,3-9H2,1-2H3. The van der Waals surface area contributed by atoms with Crippen LogP contribution in [0.3, 0.4) is 0 Å². The summed E-state index contributed by atoms with van der Waals surface area (Å²) in [6.07, 6.45) is 2.78. The molecular weight excluding hydrogens is 255 g/mol. The Morgan fingerprint density at radius 3 is 2.53 bits per heavy atom. The predicted molar refractivity (Wildman–Crippen MR) is 68.7 cm³/mol. The van der Waals surface area contributed by atoms with E-state index in [4.69, 9.17) is 0 Å². The van der Waals surface area contributed by atoms with Gasteiger partial charge in [-0.05, 0) is 13.0 Å². The van der Waals surface area contributed by atoms with E-state index in [0.717, 1.165) is 19.4 Å². The molecule has 0 aliphatic carbocycles. The van der Waals surface area contributed by atoms with Crippen molar-refractivity contribution in [3.05, 3.63) is 17.5 Å².